The first-order valence-electron chi connectivity index (χ1n) is 8.52. The van der Waals surface area contributed by atoms with E-state index in [0.29, 0.717) is 5.75 Å². The highest BCUT2D eigenvalue weighted by Crippen LogP contribution is 2.40. The van der Waals surface area contributed by atoms with Crippen molar-refractivity contribution in [3.8, 4) is 5.75 Å². The predicted octanol–water partition coefficient (Wildman–Crippen LogP) is 4.79. The van der Waals surface area contributed by atoms with Gasteiger partial charge in [0, 0.05) is 11.3 Å². The average Bonchev–Trinajstić information content (AvgIpc) is 2.80. The van der Waals surface area contributed by atoms with Crippen molar-refractivity contribution < 1.29 is 14.0 Å². The van der Waals surface area contributed by atoms with E-state index in [1.54, 1.807) is 7.11 Å². The van der Waals surface area contributed by atoms with Crippen molar-refractivity contribution in [1.82, 2.24) is 0 Å². The zero-order valence-corrected chi connectivity index (χ0v) is 16.4. The molecule has 1 aliphatic heterocycles. The molecular weight excluding hydrogens is 331 g/mol. The summed E-state index contributed by atoms with van der Waals surface area (Å²) < 4.78 is 18.0. The molecule has 3 rings (SSSR count). The van der Waals surface area contributed by atoms with Crippen molar-refractivity contribution in [2.24, 2.45) is 0 Å². The summed E-state index contributed by atoms with van der Waals surface area (Å²) in [4.78, 5) is 0. The van der Waals surface area contributed by atoms with Gasteiger partial charge in [-0.1, -0.05) is 36.4 Å². The fourth-order valence-electron chi connectivity index (χ4n) is 2.97. The van der Waals surface area contributed by atoms with Crippen molar-refractivity contribution in [2.45, 2.75) is 38.9 Å². The maximum Gasteiger partial charge on any atom is 0.491 e. The molecule has 0 atom stereocenters. The van der Waals surface area contributed by atoms with Crippen LogP contribution in [0.1, 0.15) is 33.3 Å². The summed E-state index contributed by atoms with van der Waals surface area (Å²) in [5.41, 5.74) is 1.27. The lowest BCUT2D eigenvalue weighted by molar-refractivity contribution is 0.00578. The zero-order chi connectivity index (χ0) is 18.2. The molecule has 5 heteroatoms. The number of thiol groups is 1. The van der Waals surface area contributed by atoms with Crippen LogP contribution in [-0.2, 0) is 9.31 Å². The molecule has 0 N–H and O–H groups in total. The number of benzene rings is 2. The van der Waals surface area contributed by atoms with Crippen LogP contribution >= 0.6 is 12.6 Å². The summed E-state index contributed by atoms with van der Waals surface area (Å²) in [6.07, 6.45) is 2.09. The molecule has 0 aromatic heterocycles. The Balaban J connectivity index is 2.08. The van der Waals surface area contributed by atoms with Crippen molar-refractivity contribution in [3.63, 3.8) is 0 Å². The largest absolute Gasteiger partial charge is 0.496 e. The molecular formula is C20H25BO3S. The number of fused-ring (bicyclic) bond motifs is 1. The second-order valence-corrected chi connectivity index (χ2v) is 7.68. The lowest BCUT2D eigenvalue weighted by Crippen LogP contribution is -2.41. The summed E-state index contributed by atoms with van der Waals surface area (Å²) in [7, 11) is 1.28. The number of hydrogen-bond donors (Lipinski definition) is 1. The van der Waals surface area contributed by atoms with E-state index in [1.165, 1.54) is 5.39 Å². The Morgan fingerprint density at radius 2 is 1.72 bits per heavy atom. The highest BCUT2D eigenvalue weighted by molar-refractivity contribution is 7.80. The Bertz CT molecular complexity index is 798. The summed E-state index contributed by atoms with van der Waals surface area (Å²) in [5, 5.41) is 2.31. The van der Waals surface area contributed by atoms with E-state index in [1.807, 2.05) is 18.2 Å². The minimum atomic E-state index is -0.411. The molecule has 3 nitrogen and oxygen atoms in total. The van der Waals surface area contributed by atoms with Crippen LogP contribution in [0.3, 0.4) is 0 Å². The van der Waals surface area contributed by atoms with Gasteiger partial charge in [-0.15, -0.1) is 0 Å². The van der Waals surface area contributed by atoms with Crippen molar-refractivity contribution >= 4 is 36.6 Å². The molecule has 0 unspecified atom stereocenters. The molecule has 132 valence electrons. The average molecular weight is 356 g/mol. The minimum Gasteiger partial charge on any atom is -0.496 e. The number of ether oxygens (including phenoxy) is 1. The van der Waals surface area contributed by atoms with Crippen LogP contribution in [0.5, 0.6) is 5.75 Å². The van der Waals surface area contributed by atoms with Crippen LogP contribution in [-0.4, -0.2) is 31.2 Å². The Hall–Kier alpha value is -1.43. The van der Waals surface area contributed by atoms with Gasteiger partial charge < -0.3 is 14.0 Å². The molecule has 0 spiro atoms. The Labute approximate surface area is 155 Å². The molecule has 0 saturated carbocycles. The summed E-state index contributed by atoms with van der Waals surface area (Å²) in [6.45, 7) is 8.23. The van der Waals surface area contributed by atoms with Gasteiger partial charge in [0.05, 0.1) is 18.3 Å². The molecule has 1 aliphatic rings. The van der Waals surface area contributed by atoms with Gasteiger partial charge in [-0.3, -0.25) is 0 Å². The Kier molecular flexibility index (Phi) is 4.93. The van der Waals surface area contributed by atoms with E-state index >= 15 is 0 Å². The number of hydrogen-bond acceptors (Lipinski definition) is 4. The van der Waals surface area contributed by atoms with Gasteiger partial charge in [-0.25, -0.2) is 0 Å². The van der Waals surface area contributed by atoms with Crippen LogP contribution in [0.4, 0.5) is 0 Å². The van der Waals surface area contributed by atoms with E-state index < -0.39 is 7.12 Å². The lowest BCUT2D eigenvalue weighted by Gasteiger charge is -2.32. The molecule has 1 saturated heterocycles. The van der Waals surface area contributed by atoms with Crippen molar-refractivity contribution in [1.29, 1.82) is 0 Å². The van der Waals surface area contributed by atoms with E-state index in [2.05, 4.69) is 64.6 Å². The van der Waals surface area contributed by atoms with Gasteiger partial charge in [0.25, 0.3) is 0 Å². The fourth-order valence-corrected chi connectivity index (χ4v) is 3.21. The number of rotatable bonds is 4. The van der Waals surface area contributed by atoms with Crippen LogP contribution in [0.2, 0.25) is 0 Å². The maximum atomic E-state index is 6.19. The first-order valence-corrected chi connectivity index (χ1v) is 9.15. The van der Waals surface area contributed by atoms with Gasteiger partial charge in [0.1, 0.15) is 5.75 Å². The predicted molar refractivity (Wildman–Crippen MR) is 108 cm³/mol. The lowest BCUT2D eigenvalue weighted by atomic mass is 9.78. The SMILES string of the molecule is COc1ccc2ccccc2c1C=C(CS)B1OC(C)(C)C(C)(C)O1. The standard InChI is InChI=1S/C20H25BO3S/c1-19(2)20(3,4)24-21(23-19)15(13-25)12-17-16-9-7-6-8-14(16)10-11-18(17)22-5/h6-12,25H,13H2,1-5H3. The van der Waals surface area contributed by atoms with E-state index in [-0.39, 0.29) is 11.2 Å². The molecule has 25 heavy (non-hydrogen) atoms. The monoisotopic (exact) mass is 356 g/mol. The summed E-state index contributed by atoms with van der Waals surface area (Å²) in [6, 6.07) is 12.3. The quantitative estimate of drug-likeness (QED) is 0.630. The third-order valence-electron chi connectivity index (χ3n) is 5.22. The first kappa shape index (κ1) is 18.4. The Morgan fingerprint density at radius 1 is 1.08 bits per heavy atom. The highest BCUT2D eigenvalue weighted by Gasteiger charge is 2.52. The molecule has 2 aromatic rings. The van der Waals surface area contributed by atoms with Gasteiger partial charge in [-0.05, 0) is 50.0 Å². The van der Waals surface area contributed by atoms with Crippen LogP contribution < -0.4 is 4.74 Å². The second-order valence-electron chi connectivity index (χ2n) is 7.37. The Morgan fingerprint density at radius 3 is 2.32 bits per heavy atom. The second kappa shape index (κ2) is 6.71. The maximum absolute atomic E-state index is 6.19. The highest BCUT2D eigenvalue weighted by atomic mass is 32.1. The first-order chi connectivity index (χ1) is 11.8. The molecule has 2 aromatic carbocycles. The minimum absolute atomic E-state index is 0.372. The molecule has 1 heterocycles. The molecule has 0 bridgehead atoms. The third-order valence-corrected chi connectivity index (χ3v) is 5.58. The van der Waals surface area contributed by atoms with E-state index in [4.69, 9.17) is 14.0 Å². The fraction of sp³-hybridized carbons (Fsp3) is 0.400. The van der Waals surface area contributed by atoms with E-state index in [9.17, 15) is 0 Å². The van der Waals surface area contributed by atoms with Crippen LogP contribution in [0.25, 0.3) is 16.8 Å². The summed E-state index contributed by atoms with van der Waals surface area (Å²) >= 11 is 4.52. The van der Waals surface area contributed by atoms with Crippen LogP contribution in [0.15, 0.2) is 41.9 Å². The van der Waals surface area contributed by atoms with Crippen LogP contribution in [0, 0.1) is 0 Å². The zero-order valence-electron chi connectivity index (χ0n) is 15.5. The van der Waals surface area contributed by atoms with Gasteiger partial charge in [0.15, 0.2) is 0 Å². The normalized spacial score (nSPS) is 19.4. The summed E-state index contributed by atoms with van der Waals surface area (Å²) in [5.74, 6) is 1.37. The third kappa shape index (κ3) is 3.33. The smallest absolute Gasteiger partial charge is 0.491 e. The number of methoxy groups -OCH3 is 1. The van der Waals surface area contributed by atoms with E-state index in [0.717, 1.165) is 22.2 Å². The molecule has 0 radical (unpaired) electrons. The van der Waals surface area contributed by atoms with Crippen molar-refractivity contribution in [3.05, 3.63) is 47.4 Å². The van der Waals surface area contributed by atoms with Crippen molar-refractivity contribution in [2.75, 3.05) is 12.9 Å². The molecule has 0 amide bonds. The van der Waals surface area contributed by atoms with Gasteiger partial charge >= 0.3 is 7.12 Å². The van der Waals surface area contributed by atoms with Gasteiger partial charge in [-0.2, -0.15) is 12.6 Å². The van der Waals surface area contributed by atoms with Gasteiger partial charge in [0.2, 0.25) is 0 Å². The topological polar surface area (TPSA) is 27.7 Å². The molecule has 0 aliphatic carbocycles. The molecule has 1 fully saturated rings.